The van der Waals surface area contributed by atoms with Gasteiger partial charge in [0.05, 0.1) is 6.61 Å². The number of aromatic nitrogens is 1. The third-order valence-corrected chi connectivity index (χ3v) is 4.44. The Labute approximate surface area is 156 Å². The van der Waals surface area contributed by atoms with Crippen LogP contribution in [0.4, 0.5) is 8.78 Å². The average Bonchev–Trinajstić information content (AvgIpc) is 3.13. The number of nitrogens with zero attached hydrogens (tertiary/aromatic N) is 1. The molecule has 144 valence electrons. The van der Waals surface area contributed by atoms with E-state index in [1.807, 2.05) is 0 Å². The Morgan fingerprint density at radius 2 is 1.93 bits per heavy atom. The zero-order valence-electron chi connectivity index (χ0n) is 14.8. The highest BCUT2D eigenvalue weighted by atomic mass is 19.1. The number of halogens is 2. The Kier molecular flexibility index (Phi) is 6.21. The number of rotatable bonds is 8. The first kappa shape index (κ1) is 19.1. The molecular weight excluding hydrogens is 356 g/mol. The van der Waals surface area contributed by atoms with Crippen molar-refractivity contribution in [1.29, 1.82) is 0 Å². The predicted octanol–water partition coefficient (Wildman–Crippen LogP) is 4.59. The molecule has 0 saturated heterocycles. The van der Waals surface area contributed by atoms with Gasteiger partial charge in [0.2, 0.25) is 5.88 Å². The van der Waals surface area contributed by atoms with Crippen LogP contribution in [0.15, 0.2) is 30.5 Å². The molecule has 0 radical (unpaired) electrons. The Hall–Kier alpha value is -2.70. The van der Waals surface area contributed by atoms with Gasteiger partial charge in [0.1, 0.15) is 6.10 Å². The van der Waals surface area contributed by atoms with E-state index in [9.17, 15) is 13.6 Å². The lowest BCUT2D eigenvalue weighted by molar-refractivity contribution is -0.137. The van der Waals surface area contributed by atoms with Crippen molar-refractivity contribution in [2.45, 2.75) is 44.6 Å². The fourth-order valence-corrected chi connectivity index (χ4v) is 3.12. The number of carbonyl (C=O) groups is 1. The van der Waals surface area contributed by atoms with Crippen molar-refractivity contribution >= 4 is 5.97 Å². The smallest absolute Gasteiger partial charge is 0.303 e. The molecule has 1 aromatic heterocycles. The number of hydrogen-bond acceptors (Lipinski definition) is 4. The minimum atomic E-state index is -0.985. The molecule has 2 aromatic rings. The van der Waals surface area contributed by atoms with E-state index in [0.717, 1.165) is 25.7 Å². The third kappa shape index (κ3) is 4.93. The minimum Gasteiger partial charge on any atom is -0.488 e. The van der Waals surface area contributed by atoms with E-state index in [0.29, 0.717) is 17.0 Å². The first-order valence-electron chi connectivity index (χ1n) is 9.00. The predicted molar refractivity (Wildman–Crippen MR) is 94.8 cm³/mol. The van der Waals surface area contributed by atoms with Gasteiger partial charge < -0.3 is 14.6 Å². The third-order valence-electron chi connectivity index (χ3n) is 4.44. The molecule has 0 spiro atoms. The molecule has 1 saturated carbocycles. The van der Waals surface area contributed by atoms with Crippen LogP contribution in [0.2, 0.25) is 0 Å². The van der Waals surface area contributed by atoms with Crippen LogP contribution in [0.5, 0.6) is 11.6 Å². The maximum atomic E-state index is 14.4. The van der Waals surface area contributed by atoms with Gasteiger partial charge in [-0.2, -0.15) is 0 Å². The summed E-state index contributed by atoms with van der Waals surface area (Å²) < 4.78 is 39.8. The maximum absolute atomic E-state index is 14.4. The zero-order chi connectivity index (χ0) is 19.2. The van der Waals surface area contributed by atoms with Crippen molar-refractivity contribution in [3.05, 3.63) is 42.1 Å². The van der Waals surface area contributed by atoms with Gasteiger partial charge in [-0.15, -0.1) is 0 Å². The van der Waals surface area contributed by atoms with Gasteiger partial charge in [0, 0.05) is 18.2 Å². The summed E-state index contributed by atoms with van der Waals surface area (Å²) in [6.07, 6.45) is 5.79. The fourth-order valence-electron chi connectivity index (χ4n) is 3.12. The molecule has 1 aromatic carbocycles. The summed E-state index contributed by atoms with van der Waals surface area (Å²) >= 11 is 0. The van der Waals surface area contributed by atoms with Crippen LogP contribution in [0.25, 0.3) is 11.1 Å². The number of carboxylic acids is 1. The summed E-state index contributed by atoms with van der Waals surface area (Å²) in [4.78, 5) is 14.7. The Bertz CT molecular complexity index is 783. The van der Waals surface area contributed by atoms with Crippen LogP contribution in [0.1, 0.15) is 38.5 Å². The van der Waals surface area contributed by atoms with Crippen molar-refractivity contribution in [2.75, 3.05) is 6.61 Å². The van der Waals surface area contributed by atoms with E-state index in [2.05, 4.69) is 4.98 Å². The molecule has 0 amide bonds. The molecule has 27 heavy (non-hydrogen) atoms. The lowest BCUT2D eigenvalue weighted by atomic mass is 10.1. The number of aliphatic carboxylic acids is 1. The summed E-state index contributed by atoms with van der Waals surface area (Å²) in [5, 5.41) is 8.59. The number of carboxylic acid groups (broad SMARTS) is 1. The van der Waals surface area contributed by atoms with E-state index in [-0.39, 0.29) is 25.6 Å². The second-order valence-electron chi connectivity index (χ2n) is 6.50. The van der Waals surface area contributed by atoms with E-state index >= 15 is 0 Å². The summed E-state index contributed by atoms with van der Waals surface area (Å²) in [5.74, 6) is -2.84. The summed E-state index contributed by atoms with van der Waals surface area (Å²) in [6.45, 7) is -0.0809. The highest BCUT2D eigenvalue weighted by Crippen LogP contribution is 2.34. The van der Waals surface area contributed by atoms with Gasteiger partial charge in [0.15, 0.2) is 17.4 Å². The number of pyridine rings is 1. The van der Waals surface area contributed by atoms with Gasteiger partial charge >= 0.3 is 5.97 Å². The van der Waals surface area contributed by atoms with Crippen LogP contribution in [0.3, 0.4) is 0 Å². The normalized spacial score (nSPS) is 14.3. The maximum Gasteiger partial charge on any atom is 0.303 e. The second-order valence-corrected chi connectivity index (χ2v) is 6.50. The van der Waals surface area contributed by atoms with Crippen molar-refractivity contribution < 1.29 is 28.2 Å². The SMILES string of the molecule is O=C(O)CCCOc1c(F)cc(-c2cccnc2OC2CCCC2)cc1F. The van der Waals surface area contributed by atoms with Gasteiger partial charge in [-0.05, 0) is 61.9 Å². The number of benzene rings is 1. The monoisotopic (exact) mass is 377 g/mol. The molecule has 7 heteroatoms. The van der Waals surface area contributed by atoms with Crippen LogP contribution >= 0.6 is 0 Å². The van der Waals surface area contributed by atoms with Gasteiger partial charge in [-0.3, -0.25) is 4.79 Å². The van der Waals surface area contributed by atoms with Crippen molar-refractivity contribution in [1.82, 2.24) is 4.98 Å². The zero-order valence-corrected chi connectivity index (χ0v) is 14.8. The van der Waals surface area contributed by atoms with Gasteiger partial charge in [0.25, 0.3) is 0 Å². The number of hydrogen-bond donors (Lipinski definition) is 1. The van der Waals surface area contributed by atoms with Crippen LogP contribution in [-0.2, 0) is 4.79 Å². The lowest BCUT2D eigenvalue weighted by Crippen LogP contribution is -2.12. The van der Waals surface area contributed by atoms with Crippen LogP contribution in [0, 0.1) is 11.6 Å². The molecule has 3 rings (SSSR count). The molecule has 1 N–H and O–H groups in total. The average molecular weight is 377 g/mol. The van der Waals surface area contributed by atoms with Crippen LogP contribution in [-0.4, -0.2) is 28.8 Å². The van der Waals surface area contributed by atoms with E-state index in [4.69, 9.17) is 14.6 Å². The highest BCUT2D eigenvalue weighted by Gasteiger charge is 2.21. The molecule has 0 unspecified atom stereocenters. The summed E-state index contributed by atoms with van der Waals surface area (Å²) in [7, 11) is 0. The molecule has 5 nitrogen and oxygen atoms in total. The molecule has 1 heterocycles. The highest BCUT2D eigenvalue weighted by molar-refractivity contribution is 5.69. The minimum absolute atomic E-state index is 0.0742. The fraction of sp³-hybridized carbons (Fsp3) is 0.400. The van der Waals surface area contributed by atoms with Crippen molar-refractivity contribution in [3.8, 4) is 22.8 Å². The molecule has 1 fully saturated rings. The summed E-state index contributed by atoms with van der Waals surface area (Å²) in [6, 6.07) is 5.74. The van der Waals surface area contributed by atoms with Gasteiger partial charge in [-0.25, -0.2) is 13.8 Å². The topological polar surface area (TPSA) is 68.7 Å². The molecule has 0 atom stereocenters. The first-order chi connectivity index (χ1) is 13.0. The van der Waals surface area contributed by atoms with Crippen molar-refractivity contribution in [3.63, 3.8) is 0 Å². The first-order valence-corrected chi connectivity index (χ1v) is 9.00. The molecule has 0 bridgehead atoms. The molecule has 0 aliphatic heterocycles. The molecular formula is C20H21F2NO4. The number of ether oxygens (including phenoxy) is 2. The molecule has 1 aliphatic carbocycles. The van der Waals surface area contributed by atoms with Crippen molar-refractivity contribution in [2.24, 2.45) is 0 Å². The lowest BCUT2D eigenvalue weighted by Gasteiger charge is -2.16. The standard InChI is InChI=1S/C20H21F2NO4/c21-16-11-13(12-17(22)19(16)26-10-4-8-18(24)25)15-7-3-9-23-20(15)27-14-5-1-2-6-14/h3,7,9,11-12,14H,1-2,4-6,8,10H2,(H,24,25). The van der Waals surface area contributed by atoms with E-state index in [1.54, 1.807) is 18.3 Å². The van der Waals surface area contributed by atoms with E-state index in [1.165, 1.54) is 12.1 Å². The Balaban J connectivity index is 1.78. The Morgan fingerprint density at radius 3 is 2.59 bits per heavy atom. The Morgan fingerprint density at radius 1 is 1.22 bits per heavy atom. The molecule has 1 aliphatic rings. The van der Waals surface area contributed by atoms with Crippen LogP contribution < -0.4 is 9.47 Å². The second kappa shape index (κ2) is 8.79. The van der Waals surface area contributed by atoms with Gasteiger partial charge in [-0.1, -0.05) is 0 Å². The largest absolute Gasteiger partial charge is 0.488 e. The van der Waals surface area contributed by atoms with E-state index < -0.39 is 23.4 Å². The summed E-state index contributed by atoms with van der Waals surface area (Å²) in [5.41, 5.74) is 0.823. The quantitative estimate of drug-likeness (QED) is 0.682.